The first-order valence-corrected chi connectivity index (χ1v) is 13.7. The zero-order chi connectivity index (χ0) is 23.7. The molecule has 0 aliphatic carbocycles. The van der Waals surface area contributed by atoms with E-state index in [4.69, 9.17) is 4.74 Å². The molecule has 2 rings (SSSR count). The van der Waals surface area contributed by atoms with Crippen LogP contribution in [0.25, 0.3) is 0 Å². The Labute approximate surface area is 197 Å². The van der Waals surface area contributed by atoms with Crippen LogP contribution in [0.3, 0.4) is 0 Å². The molecular weight excluding hydrogens is 454 g/mol. The number of aliphatic hydroxyl groups excluding tert-OH is 1. The van der Waals surface area contributed by atoms with Gasteiger partial charge in [0.2, 0.25) is 17.7 Å². The second-order valence-electron chi connectivity index (χ2n) is 8.78. The van der Waals surface area contributed by atoms with Crippen molar-refractivity contribution in [3.05, 3.63) is 0 Å². The van der Waals surface area contributed by atoms with E-state index in [0.717, 1.165) is 18.6 Å². The van der Waals surface area contributed by atoms with Crippen LogP contribution in [0.4, 0.5) is 0 Å². The summed E-state index contributed by atoms with van der Waals surface area (Å²) in [5, 5.41) is 18.9. The first-order valence-electron chi connectivity index (χ1n) is 11.2. The molecule has 2 aliphatic heterocycles. The number of hydrogen-bond acceptors (Lipinski definition) is 8. The number of carbonyl (C=O) groups excluding carboxylic acids is 4. The molecule has 2 saturated heterocycles. The maximum Gasteiger partial charge on any atom is 0.308 e. The minimum Gasteiger partial charge on any atom is -0.462 e. The van der Waals surface area contributed by atoms with Crippen LogP contribution in [0.1, 0.15) is 59.3 Å². The number of hydrogen-bond donors (Lipinski definition) is 4. The molecule has 2 heterocycles. The van der Waals surface area contributed by atoms with Crippen molar-refractivity contribution in [3.63, 3.8) is 0 Å². The Bertz CT molecular complexity index is 678. The highest BCUT2D eigenvalue weighted by Crippen LogP contribution is 2.25. The summed E-state index contributed by atoms with van der Waals surface area (Å²) >= 11 is 0. The lowest BCUT2D eigenvalue weighted by Crippen LogP contribution is -2.56. The lowest BCUT2D eigenvalue weighted by Gasteiger charge is -2.28. The molecule has 3 amide bonds. The molecule has 0 aromatic rings. The van der Waals surface area contributed by atoms with Crippen LogP contribution >= 0.6 is 21.6 Å². The van der Waals surface area contributed by atoms with E-state index in [0.29, 0.717) is 18.6 Å². The van der Waals surface area contributed by atoms with Gasteiger partial charge in [-0.1, -0.05) is 35.4 Å². The van der Waals surface area contributed by atoms with Crippen LogP contribution in [0.5, 0.6) is 0 Å². The largest absolute Gasteiger partial charge is 0.462 e. The van der Waals surface area contributed by atoms with Gasteiger partial charge in [-0.25, -0.2) is 0 Å². The number of aliphatic hydroxyl groups is 1. The molecule has 11 heteroatoms. The highest BCUT2D eigenvalue weighted by atomic mass is 33.1. The second kappa shape index (κ2) is 13.3. The Kier molecular flexibility index (Phi) is 11.1. The monoisotopic (exact) mass is 489 g/mol. The number of rotatable bonds is 2. The minimum absolute atomic E-state index is 0.0582. The van der Waals surface area contributed by atoms with E-state index in [1.165, 1.54) is 10.8 Å². The van der Waals surface area contributed by atoms with Gasteiger partial charge in [-0.2, -0.15) is 0 Å². The Morgan fingerprint density at radius 3 is 2.50 bits per heavy atom. The van der Waals surface area contributed by atoms with E-state index in [1.54, 1.807) is 17.7 Å². The minimum atomic E-state index is -1.14. The Morgan fingerprint density at radius 2 is 1.78 bits per heavy atom. The van der Waals surface area contributed by atoms with Gasteiger partial charge in [-0.3, -0.25) is 19.2 Å². The highest BCUT2D eigenvalue weighted by molar-refractivity contribution is 8.76. The number of esters is 1. The molecule has 0 aromatic carbocycles. The van der Waals surface area contributed by atoms with Gasteiger partial charge in [-0.05, 0) is 38.5 Å². The molecule has 5 unspecified atom stereocenters. The number of fused-ring (bicyclic) bond motifs is 7. The van der Waals surface area contributed by atoms with E-state index in [9.17, 15) is 24.3 Å². The summed E-state index contributed by atoms with van der Waals surface area (Å²) in [6, 6.07) is -2.35. The van der Waals surface area contributed by atoms with Crippen molar-refractivity contribution in [2.24, 2.45) is 5.92 Å². The van der Waals surface area contributed by atoms with Crippen LogP contribution in [0.15, 0.2) is 0 Å². The van der Waals surface area contributed by atoms with Crippen molar-refractivity contribution >= 4 is 45.3 Å². The molecule has 0 saturated carbocycles. The molecule has 32 heavy (non-hydrogen) atoms. The second-order valence-corrected chi connectivity index (χ2v) is 11.4. The summed E-state index contributed by atoms with van der Waals surface area (Å²) < 4.78 is 5.54. The third-order valence-corrected chi connectivity index (χ3v) is 7.83. The number of amides is 3. The van der Waals surface area contributed by atoms with Crippen molar-refractivity contribution < 1.29 is 29.0 Å². The van der Waals surface area contributed by atoms with Crippen LogP contribution in [0.2, 0.25) is 0 Å². The SMILES string of the molecule is CC(C)CC1NC(=O)C2CSSCCCCC(CC(=O)NC(C)C(=O)N2)OC(=O)CC1O. The molecule has 4 N–H and O–H groups in total. The molecule has 9 nitrogen and oxygen atoms in total. The number of nitrogens with one attached hydrogen (secondary N) is 3. The zero-order valence-corrected chi connectivity index (χ0v) is 20.6. The van der Waals surface area contributed by atoms with E-state index >= 15 is 0 Å². The summed E-state index contributed by atoms with van der Waals surface area (Å²) in [6.07, 6.45) is 0.506. The third kappa shape index (κ3) is 9.19. The van der Waals surface area contributed by atoms with E-state index in [-0.39, 0.29) is 18.8 Å². The fourth-order valence-corrected chi connectivity index (χ4v) is 5.92. The fraction of sp³-hybridized carbons (Fsp3) is 0.810. The van der Waals surface area contributed by atoms with Gasteiger partial charge in [0.25, 0.3) is 0 Å². The van der Waals surface area contributed by atoms with Gasteiger partial charge < -0.3 is 25.8 Å². The van der Waals surface area contributed by atoms with Crippen molar-refractivity contribution in [2.45, 2.75) is 89.6 Å². The predicted molar refractivity (Wildman–Crippen MR) is 125 cm³/mol. The molecule has 2 aliphatic rings. The summed E-state index contributed by atoms with van der Waals surface area (Å²) in [7, 11) is 3.11. The topological polar surface area (TPSA) is 134 Å². The van der Waals surface area contributed by atoms with Crippen molar-refractivity contribution in [1.82, 2.24) is 16.0 Å². The first kappa shape index (κ1) is 26.8. The Morgan fingerprint density at radius 1 is 1.03 bits per heavy atom. The van der Waals surface area contributed by atoms with Crippen LogP contribution in [-0.2, 0) is 23.9 Å². The van der Waals surface area contributed by atoms with Gasteiger partial charge in [0.05, 0.1) is 25.0 Å². The molecule has 0 spiro atoms. The van der Waals surface area contributed by atoms with Gasteiger partial charge in [0.1, 0.15) is 18.2 Å². The normalized spacial score (nSPS) is 32.0. The Balaban J connectivity index is 2.37. The molecule has 2 fully saturated rings. The summed E-state index contributed by atoms with van der Waals surface area (Å²) in [4.78, 5) is 50.7. The van der Waals surface area contributed by atoms with Crippen molar-refractivity contribution in [1.29, 1.82) is 0 Å². The van der Waals surface area contributed by atoms with Crippen molar-refractivity contribution in [3.8, 4) is 0 Å². The lowest BCUT2D eigenvalue weighted by atomic mass is 9.97. The average molecular weight is 490 g/mol. The van der Waals surface area contributed by atoms with Gasteiger partial charge in [0, 0.05) is 11.5 Å². The number of ether oxygens (including phenoxy) is 1. The maximum absolute atomic E-state index is 13.1. The third-order valence-electron chi connectivity index (χ3n) is 5.33. The summed E-state index contributed by atoms with van der Waals surface area (Å²) in [6.45, 7) is 5.46. The van der Waals surface area contributed by atoms with E-state index in [2.05, 4.69) is 16.0 Å². The van der Waals surface area contributed by atoms with Crippen molar-refractivity contribution in [2.75, 3.05) is 11.5 Å². The van der Waals surface area contributed by atoms with Crippen LogP contribution in [-0.4, -0.2) is 70.6 Å². The smallest absolute Gasteiger partial charge is 0.308 e. The highest BCUT2D eigenvalue weighted by Gasteiger charge is 2.32. The standard InChI is InChI=1S/C21H35N3O6S2/c1-12(2)8-15-17(25)10-19(27)30-14-6-4-5-7-31-32-11-16(21(29)23-15)24-20(28)13(3)22-18(26)9-14/h12-17,25H,4-11H2,1-3H3,(H,22,26)(H,23,29)(H,24,28). The molecule has 182 valence electrons. The molecule has 5 atom stereocenters. The average Bonchev–Trinajstić information content (AvgIpc) is 2.69. The molecule has 0 aromatic heterocycles. The van der Waals surface area contributed by atoms with E-state index < -0.39 is 54.0 Å². The molecule has 2 bridgehead atoms. The maximum atomic E-state index is 13.1. The summed E-state index contributed by atoms with van der Waals surface area (Å²) in [5.74, 6) is -0.567. The first-order chi connectivity index (χ1) is 15.2. The predicted octanol–water partition coefficient (Wildman–Crippen LogP) is 1.14. The van der Waals surface area contributed by atoms with E-state index in [1.807, 2.05) is 13.8 Å². The molecule has 0 radical (unpaired) electrons. The number of carbonyl (C=O) groups is 4. The molecular formula is C21H35N3O6S2. The van der Waals surface area contributed by atoms with Gasteiger partial charge >= 0.3 is 5.97 Å². The summed E-state index contributed by atoms with van der Waals surface area (Å²) in [5.41, 5.74) is 0. The quantitative estimate of drug-likeness (QED) is 0.335. The van der Waals surface area contributed by atoms with Gasteiger partial charge in [0.15, 0.2) is 0 Å². The fourth-order valence-electron chi connectivity index (χ4n) is 3.61. The van der Waals surface area contributed by atoms with Gasteiger partial charge in [-0.15, -0.1) is 0 Å². The zero-order valence-electron chi connectivity index (χ0n) is 18.9. The van der Waals surface area contributed by atoms with Crippen LogP contribution < -0.4 is 16.0 Å². The Hall–Kier alpha value is -1.46. The lowest BCUT2D eigenvalue weighted by molar-refractivity contribution is -0.153. The van der Waals surface area contributed by atoms with Crippen LogP contribution in [0, 0.1) is 5.92 Å².